The Morgan fingerprint density at radius 1 is 0.833 bits per heavy atom. The summed E-state index contributed by atoms with van der Waals surface area (Å²) in [7, 11) is 0. The van der Waals surface area contributed by atoms with E-state index in [1.54, 1.807) is 12.5 Å². The number of benzene rings is 1. The van der Waals surface area contributed by atoms with Gasteiger partial charge in [-0.15, -0.1) is 0 Å². The van der Waals surface area contributed by atoms with Crippen LogP contribution in [0.4, 0.5) is 0 Å². The van der Waals surface area contributed by atoms with Gasteiger partial charge in [-0.2, -0.15) is 0 Å². The second kappa shape index (κ2) is 5.61. The molecule has 1 nitrogen and oxygen atoms in total. The second-order valence-electron chi connectivity index (χ2n) is 2.09. The van der Waals surface area contributed by atoms with Crippen molar-refractivity contribution in [2.75, 3.05) is 0 Å². The SMILES string of the molecule is Brc1ccccc1.c1ccoc1. The highest BCUT2D eigenvalue weighted by Gasteiger charge is 1.74. The average molecular weight is 225 g/mol. The predicted octanol–water partition coefficient (Wildman–Crippen LogP) is 3.73. The highest BCUT2D eigenvalue weighted by atomic mass is 79.9. The van der Waals surface area contributed by atoms with Crippen LogP contribution in [0.2, 0.25) is 0 Å². The molecular weight excluding hydrogens is 216 g/mol. The van der Waals surface area contributed by atoms with Gasteiger partial charge in [0.2, 0.25) is 0 Å². The number of halogens is 1. The fourth-order valence-electron chi connectivity index (χ4n) is 0.641. The van der Waals surface area contributed by atoms with E-state index in [9.17, 15) is 0 Å². The van der Waals surface area contributed by atoms with E-state index in [0.717, 1.165) is 4.47 Å². The lowest BCUT2D eigenvalue weighted by molar-refractivity contribution is 0.567. The summed E-state index contributed by atoms with van der Waals surface area (Å²) in [5, 5.41) is 0. The molecule has 0 saturated carbocycles. The van der Waals surface area contributed by atoms with E-state index in [4.69, 9.17) is 0 Å². The Hall–Kier alpha value is -1.02. The van der Waals surface area contributed by atoms with E-state index in [0.29, 0.717) is 0 Å². The molecule has 0 saturated heterocycles. The Labute approximate surface area is 80.2 Å². The third-order valence-electron chi connectivity index (χ3n) is 1.16. The number of rotatable bonds is 0. The van der Waals surface area contributed by atoms with Gasteiger partial charge in [-0.05, 0) is 24.3 Å². The zero-order valence-corrected chi connectivity index (χ0v) is 8.07. The number of furan rings is 1. The number of hydrogen-bond acceptors (Lipinski definition) is 1. The summed E-state index contributed by atoms with van der Waals surface area (Å²) in [6.45, 7) is 0. The molecule has 0 aliphatic carbocycles. The van der Waals surface area contributed by atoms with E-state index < -0.39 is 0 Å². The summed E-state index contributed by atoms with van der Waals surface area (Å²) < 4.78 is 5.72. The number of hydrogen-bond donors (Lipinski definition) is 0. The minimum Gasteiger partial charge on any atom is -0.473 e. The Kier molecular flexibility index (Phi) is 4.24. The van der Waals surface area contributed by atoms with E-state index in [1.165, 1.54) is 0 Å². The van der Waals surface area contributed by atoms with Crippen LogP contribution in [0.1, 0.15) is 0 Å². The van der Waals surface area contributed by atoms with Gasteiger partial charge < -0.3 is 4.42 Å². The molecular formula is C10H9BrO. The molecule has 0 atom stereocenters. The van der Waals surface area contributed by atoms with Crippen LogP contribution in [-0.4, -0.2) is 0 Å². The summed E-state index contributed by atoms with van der Waals surface area (Å²) in [5.41, 5.74) is 0. The van der Waals surface area contributed by atoms with Crippen LogP contribution in [-0.2, 0) is 0 Å². The molecule has 2 aromatic rings. The molecule has 1 aromatic heterocycles. The quantitative estimate of drug-likeness (QED) is 0.665. The maximum absolute atomic E-state index is 4.58. The van der Waals surface area contributed by atoms with Crippen LogP contribution in [0, 0.1) is 0 Å². The summed E-state index contributed by atoms with van der Waals surface area (Å²) in [6.07, 6.45) is 3.25. The van der Waals surface area contributed by atoms with Gasteiger partial charge in [0.25, 0.3) is 0 Å². The molecule has 0 aliphatic rings. The normalized spacial score (nSPS) is 8.42. The fourth-order valence-corrected chi connectivity index (χ4v) is 0.947. The van der Waals surface area contributed by atoms with Crippen LogP contribution < -0.4 is 0 Å². The second-order valence-corrected chi connectivity index (χ2v) is 3.00. The van der Waals surface area contributed by atoms with Crippen molar-refractivity contribution >= 4 is 15.9 Å². The first-order valence-corrected chi connectivity index (χ1v) is 4.36. The Bertz CT molecular complexity index is 259. The zero-order valence-electron chi connectivity index (χ0n) is 6.48. The largest absolute Gasteiger partial charge is 0.473 e. The van der Waals surface area contributed by atoms with Crippen LogP contribution in [0.25, 0.3) is 0 Å². The molecule has 1 aromatic carbocycles. The Morgan fingerprint density at radius 2 is 1.42 bits per heavy atom. The monoisotopic (exact) mass is 224 g/mol. The molecule has 62 valence electrons. The molecule has 0 spiro atoms. The van der Waals surface area contributed by atoms with Crippen molar-refractivity contribution < 1.29 is 4.42 Å². The zero-order chi connectivity index (χ0) is 8.65. The standard InChI is InChI=1S/C6H5Br.C4H4O/c7-6-4-2-1-3-5-6;1-2-4-5-3-1/h1-5H;1-4H. The molecule has 0 bridgehead atoms. The molecule has 0 aliphatic heterocycles. The first kappa shape index (κ1) is 9.07. The molecule has 0 unspecified atom stereocenters. The first-order valence-electron chi connectivity index (χ1n) is 3.57. The van der Waals surface area contributed by atoms with Gasteiger partial charge in [-0.1, -0.05) is 34.1 Å². The van der Waals surface area contributed by atoms with Crippen LogP contribution in [0.3, 0.4) is 0 Å². The van der Waals surface area contributed by atoms with Crippen LogP contribution in [0.15, 0.2) is 63.9 Å². The molecule has 2 heteroatoms. The molecule has 12 heavy (non-hydrogen) atoms. The van der Waals surface area contributed by atoms with Crippen LogP contribution >= 0.6 is 15.9 Å². The van der Waals surface area contributed by atoms with Crippen LogP contribution in [0.5, 0.6) is 0 Å². The highest BCUT2D eigenvalue weighted by Crippen LogP contribution is 2.05. The van der Waals surface area contributed by atoms with Gasteiger partial charge in [0.15, 0.2) is 0 Å². The van der Waals surface area contributed by atoms with Gasteiger partial charge in [0, 0.05) is 4.47 Å². The lowest BCUT2D eigenvalue weighted by Crippen LogP contribution is -1.55. The summed E-state index contributed by atoms with van der Waals surface area (Å²) in [4.78, 5) is 0. The fraction of sp³-hybridized carbons (Fsp3) is 0. The molecule has 0 amide bonds. The van der Waals surface area contributed by atoms with Gasteiger partial charge in [-0.3, -0.25) is 0 Å². The summed E-state index contributed by atoms with van der Waals surface area (Å²) in [5.74, 6) is 0. The maximum atomic E-state index is 4.58. The molecule has 0 N–H and O–H groups in total. The van der Waals surface area contributed by atoms with E-state index >= 15 is 0 Å². The predicted molar refractivity (Wildman–Crippen MR) is 52.9 cm³/mol. The van der Waals surface area contributed by atoms with Gasteiger partial charge in [-0.25, -0.2) is 0 Å². The molecule has 0 radical (unpaired) electrons. The minimum absolute atomic E-state index is 1.13. The van der Waals surface area contributed by atoms with E-state index in [1.807, 2.05) is 42.5 Å². The van der Waals surface area contributed by atoms with E-state index in [-0.39, 0.29) is 0 Å². The average Bonchev–Trinajstić information content (AvgIpc) is 2.62. The third-order valence-corrected chi connectivity index (χ3v) is 1.69. The highest BCUT2D eigenvalue weighted by molar-refractivity contribution is 9.10. The van der Waals surface area contributed by atoms with Crippen molar-refractivity contribution in [3.63, 3.8) is 0 Å². The lowest BCUT2D eigenvalue weighted by atomic mass is 10.4. The van der Waals surface area contributed by atoms with Gasteiger partial charge in [0.1, 0.15) is 0 Å². The third kappa shape index (κ3) is 3.98. The smallest absolute Gasteiger partial charge is 0.0902 e. The van der Waals surface area contributed by atoms with Crippen molar-refractivity contribution in [2.24, 2.45) is 0 Å². The lowest BCUT2D eigenvalue weighted by Gasteiger charge is -1.80. The maximum Gasteiger partial charge on any atom is 0.0902 e. The van der Waals surface area contributed by atoms with Gasteiger partial charge >= 0.3 is 0 Å². The van der Waals surface area contributed by atoms with Crippen molar-refractivity contribution in [3.8, 4) is 0 Å². The van der Waals surface area contributed by atoms with E-state index in [2.05, 4.69) is 20.3 Å². The van der Waals surface area contributed by atoms with Crippen molar-refractivity contribution in [2.45, 2.75) is 0 Å². The molecule has 1 heterocycles. The van der Waals surface area contributed by atoms with Crippen molar-refractivity contribution in [1.82, 2.24) is 0 Å². The van der Waals surface area contributed by atoms with Gasteiger partial charge in [0.05, 0.1) is 12.5 Å². The Morgan fingerprint density at radius 3 is 1.67 bits per heavy atom. The topological polar surface area (TPSA) is 13.1 Å². The molecule has 2 rings (SSSR count). The van der Waals surface area contributed by atoms with Crippen molar-refractivity contribution in [3.05, 3.63) is 59.5 Å². The summed E-state index contributed by atoms with van der Waals surface area (Å²) >= 11 is 3.31. The first-order chi connectivity index (χ1) is 5.89. The Balaban J connectivity index is 0.000000127. The van der Waals surface area contributed by atoms with Crippen molar-refractivity contribution in [1.29, 1.82) is 0 Å². The summed E-state index contributed by atoms with van der Waals surface area (Å²) in [6, 6.07) is 13.6. The minimum atomic E-state index is 1.13. The molecule has 0 fully saturated rings.